The first kappa shape index (κ1) is 15.2. The fraction of sp³-hybridized carbons (Fsp3) is 0.429. The highest BCUT2D eigenvalue weighted by atomic mass is 16.3. The van der Waals surface area contributed by atoms with Gasteiger partial charge in [0.2, 0.25) is 5.91 Å². The molecular weight excluding hydrogens is 244 g/mol. The summed E-state index contributed by atoms with van der Waals surface area (Å²) in [4.78, 5) is 22.7. The third kappa shape index (κ3) is 4.71. The lowest BCUT2D eigenvalue weighted by atomic mass is 10.0. The molecule has 5 nitrogen and oxygen atoms in total. The monoisotopic (exact) mass is 264 g/mol. The van der Waals surface area contributed by atoms with E-state index in [4.69, 9.17) is 5.73 Å². The Bertz CT molecular complexity index is 452. The van der Waals surface area contributed by atoms with Gasteiger partial charge in [0.25, 0.3) is 5.91 Å². The van der Waals surface area contributed by atoms with E-state index in [-0.39, 0.29) is 12.5 Å². The van der Waals surface area contributed by atoms with E-state index in [2.05, 4.69) is 5.32 Å². The maximum absolute atomic E-state index is 11.8. The van der Waals surface area contributed by atoms with Crippen molar-refractivity contribution in [1.29, 1.82) is 0 Å². The van der Waals surface area contributed by atoms with E-state index in [1.165, 1.54) is 24.3 Å². The summed E-state index contributed by atoms with van der Waals surface area (Å²) in [7, 11) is 0. The number of aliphatic hydroxyl groups is 1. The second kappa shape index (κ2) is 6.33. The summed E-state index contributed by atoms with van der Waals surface area (Å²) in [5.74, 6) is -0.815. The molecule has 1 aromatic carbocycles. The molecule has 0 aromatic heterocycles. The van der Waals surface area contributed by atoms with Crippen molar-refractivity contribution in [3.8, 4) is 0 Å². The van der Waals surface area contributed by atoms with Crippen LogP contribution in [0, 0.1) is 0 Å². The van der Waals surface area contributed by atoms with Gasteiger partial charge in [-0.1, -0.05) is 13.3 Å². The normalized spacial score (nSPS) is 13.6. The molecule has 0 saturated heterocycles. The number of nitrogens with two attached hydrogens (primary N) is 1. The number of benzene rings is 1. The second-order valence-corrected chi connectivity index (χ2v) is 4.87. The van der Waals surface area contributed by atoms with Crippen LogP contribution >= 0.6 is 0 Å². The quantitative estimate of drug-likeness (QED) is 0.717. The van der Waals surface area contributed by atoms with Gasteiger partial charge in [0.05, 0.1) is 5.60 Å². The fourth-order valence-electron chi connectivity index (χ4n) is 1.79. The zero-order valence-electron chi connectivity index (χ0n) is 11.3. The highest BCUT2D eigenvalue weighted by Gasteiger charge is 2.20. The first-order chi connectivity index (χ1) is 8.85. The summed E-state index contributed by atoms with van der Waals surface area (Å²) in [5.41, 5.74) is 5.00. The van der Waals surface area contributed by atoms with E-state index in [0.717, 1.165) is 6.42 Å². The molecule has 1 unspecified atom stereocenters. The maximum Gasteiger partial charge on any atom is 0.251 e. The van der Waals surface area contributed by atoms with Crippen molar-refractivity contribution in [3.63, 3.8) is 0 Å². The Morgan fingerprint density at radius 3 is 2.26 bits per heavy atom. The molecule has 0 radical (unpaired) electrons. The Balaban J connectivity index is 2.61. The molecule has 0 heterocycles. The van der Waals surface area contributed by atoms with Crippen molar-refractivity contribution >= 4 is 11.8 Å². The molecule has 0 saturated carbocycles. The van der Waals surface area contributed by atoms with Crippen molar-refractivity contribution in [2.24, 2.45) is 5.73 Å². The van der Waals surface area contributed by atoms with Crippen molar-refractivity contribution in [1.82, 2.24) is 5.32 Å². The molecule has 19 heavy (non-hydrogen) atoms. The van der Waals surface area contributed by atoms with Gasteiger partial charge in [0.15, 0.2) is 0 Å². The van der Waals surface area contributed by atoms with Crippen LogP contribution < -0.4 is 11.1 Å². The summed E-state index contributed by atoms with van der Waals surface area (Å²) in [6.07, 6.45) is 1.46. The Morgan fingerprint density at radius 2 is 1.79 bits per heavy atom. The number of carbonyl (C=O) groups is 2. The summed E-state index contributed by atoms with van der Waals surface area (Å²) in [5, 5.41) is 12.6. The molecule has 0 spiro atoms. The zero-order chi connectivity index (χ0) is 14.5. The lowest BCUT2D eigenvalue weighted by Crippen LogP contribution is -2.40. The molecule has 0 aliphatic carbocycles. The molecular formula is C14H20N2O3. The van der Waals surface area contributed by atoms with E-state index in [0.29, 0.717) is 17.5 Å². The van der Waals surface area contributed by atoms with Gasteiger partial charge in [-0.05, 0) is 37.6 Å². The molecule has 0 aliphatic heterocycles. The number of amides is 2. The molecule has 4 N–H and O–H groups in total. The predicted molar refractivity (Wildman–Crippen MR) is 72.8 cm³/mol. The molecule has 1 aromatic rings. The van der Waals surface area contributed by atoms with E-state index >= 15 is 0 Å². The largest absolute Gasteiger partial charge is 0.388 e. The molecule has 5 heteroatoms. The second-order valence-electron chi connectivity index (χ2n) is 4.87. The van der Waals surface area contributed by atoms with E-state index < -0.39 is 11.5 Å². The molecule has 0 aliphatic rings. The Labute approximate surface area is 112 Å². The molecule has 1 rings (SSSR count). The van der Waals surface area contributed by atoms with Crippen molar-refractivity contribution in [2.75, 3.05) is 6.54 Å². The van der Waals surface area contributed by atoms with Gasteiger partial charge in [-0.15, -0.1) is 0 Å². The average Bonchev–Trinajstić information content (AvgIpc) is 2.36. The minimum absolute atomic E-state index is 0.192. The van der Waals surface area contributed by atoms with E-state index in [9.17, 15) is 14.7 Å². The van der Waals surface area contributed by atoms with Gasteiger partial charge < -0.3 is 16.2 Å². The van der Waals surface area contributed by atoms with Crippen LogP contribution in [0.5, 0.6) is 0 Å². The third-order valence-corrected chi connectivity index (χ3v) is 2.85. The average molecular weight is 264 g/mol. The molecule has 2 amide bonds. The van der Waals surface area contributed by atoms with Gasteiger partial charge in [-0.25, -0.2) is 0 Å². The van der Waals surface area contributed by atoms with Gasteiger partial charge >= 0.3 is 0 Å². The highest BCUT2D eigenvalue weighted by molar-refractivity contribution is 5.97. The minimum atomic E-state index is -0.905. The van der Waals surface area contributed by atoms with Crippen LogP contribution in [0.2, 0.25) is 0 Å². The summed E-state index contributed by atoms with van der Waals surface area (Å²) in [6.45, 7) is 3.85. The van der Waals surface area contributed by atoms with Crippen LogP contribution in [0.4, 0.5) is 0 Å². The number of rotatable bonds is 6. The van der Waals surface area contributed by atoms with E-state index in [1.807, 2.05) is 6.92 Å². The first-order valence-electron chi connectivity index (χ1n) is 6.26. The van der Waals surface area contributed by atoms with Crippen LogP contribution in [-0.4, -0.2) is 29.1 Å². The minimum Gasteiger partial charge on any atom is -0.388 e. The van der Waals surface area contributed by atoms with Crippen molar-refractivity contribution in [2.45, 2.75) is 32.3 Å². The predicted octanol–water partition coefficient (Wildman–Crippen LogP) is 1.07. The number of nitrogens with one attached hydrogen (secondary N) is 1. The molecule has 0 bridgehead atoms. The van der Waals surface area contributed by atoms with Crippen LogP contribution in [0.15, 0.2) is 24.3 Å². The Hall–Kier alpha value is -1.88. The number of hydrogen-bond acceptors (Lipinski definition) is 3. The lowest BCUT2D eigenvalue weighted by Gasteiger charge is -2.22. The van der Waals surface area contributed by atoms with Crippen molar-refractivity contribution < 1.29 is 14.7 Å². The van der Waals surface area contributed by atoms with Crippen LogP contribution in [-0.2, 0) is 0 Å². The third-order valence-electron chi connectivity index (χ3n) is 2.85. The lowest BCUT2D eigenvalue weighted by molar-refractivity contribution is 0.0469. The summed E-state index contributed by atoms with van der Waals surface area (Å²) >= 11 is 0. The van der Waals surface area contributed by atoms with Crippen LogP contribution in [0.3, 0.4) is 0 Å². The summed E-state index contributed by atoms with van der Waals surface area (Å²) in [6, 6.07) is 6.07. The van der Waals surface area contributed by atoms with Gasteiger partial charge in [-0.2, -0.15) is 0 Å². The number of hydrogen-bond donors (Lipinski definition) is 3. The first-order valence-corrected chi connectivity index (χ1v) is 6.26. The molecule has 1 atom stereocenters. The molecule has 104 valence electrons. The topological polar surface area (TPSA) is 92.4 Å². The van der Waals surface area contributed by atoms with Gasteiger partial charge in [-0.3, -0.25) is 9.59 Å². The fourth-order valence-corrected chi connectivity index (χ4v) is 1.79. The van der Waals surface area contributed by atoms with Crippen LogP contribution in [0.25, 0.3) is 0 Å². The van der Waals surface area contributed by atoms with Gasteiger partial charge in [0.1, 0.15) is 0 Å². The smallest absolute Gasteiger partial charge is 0.251 e. The van der Waals surface area contributed by atoms with E-state index in [1.54, 1.807) is 6.92 Å². The van der Waals surface area contributed by atoms with Crippen molar-refractivity contribution in [3.05, 3.63) is 35.4 Å². The number of primary amides is 1. The van der Waals surface area contributed by atoms with Gasteiger partial charge in [0, 0.05) is 17.7 Å². The Kier molecular flexibility index (Phi) is 5.06. The summed E-state index contributed by atoms with van der Waals surface area (Å²) < 4.78 is 0. The maximum atomic E-state index is 11.8. The SMILES string of the molecule is CCCC(C)(O)CNC(=O)c1ccc(C(N)=O)cc1. The van der Waals surface area contributed by atoms with Crippen LogP contribution in [0.1, 0.15) is 47.4 Å². The zero-order valence-corrected chi connectivity index (χ0v) is 11.3. The number of carbonyl (C=O) groups excluding carboxylic acids is 2. The Morgan fingerprint density at radius 1 is 1.26 bits per heavy atom. The highest BCUT2D eigenvalue weighted by Crippen LogP contribution is 2.10. The molecule has 0 fully saturated rings. The standard InChI is InChI=1S/C14H20N2O3/c1-3-8-14(2,19)9-16-13(18)11-6-4-10(5-7-11)12(15)17/h4-7,19H,3,8-9H2,1-2H3,(H2,15,17)(H,16,18).